The van der Waals surface area contributed by atoms with Gasteiger partial charge in [-0.15, -0.1) is 0 Å². The molecule has 26 heavy (non-hydrogen) atoms. The summed E-state index contributed by atoms with van der Waals surface area (Å²) in [6.07, 6.45) is 0. The first-order chi connectivity index (χ1) is 12.7. The van der Waals surface area contributed by atoms with Crippen molar-refractivity contribution in [1.29, 1.82) is 0 Å². The minimum absolute atomic E-state index is 0.0227. The van der Waals surface area contributed by atoms with Crippen LogP contribution in [0.25, 0.3) is 10.9 Å². The highest BCUT2D eigenvalue weighted by atomic mass is 16.5. The van der Waals surface area contributed by atoms with Crippen LogP contribution in [-0.2, 0) is 6.61 Å². The summed E-state index contributed by atoms with van der Waals surface area (Å²) < 4.78 is 5.79. The Morgan fingerprint density at radius 2 is 1.58 bits per heavy atom. The molecular formula is C23H19NO2. The highest BCUT2D eigenvalue weighted by Crippen LogP contribution is 2.25. The Morgan fingerprint density at radius 1 is 0.885 bits per heavy atom. The lowest BCUT2D eigenvalue weighted by molar-refractivity contribution is 0.103. The number of hydrogen-bond acceptors (Lipinski definition) is 2. The highest BCUT2D eigenvalue weighted by Gasteiger charge is 2.17. The number of aryl methyl sites for hydroxylation is 1. The average molecular weight is 341 g/mol. The van der Waals surface area contributed by atoms with Crippen LogP contribution in [0.4, 0.5) is 0 Å². The second-order valence-electron chi connectivity index (χ2n) is 6.30. The first kappa shape index (κ1) is 16.2. The fourth-order valence-electron chi connectivity index (χ4n) is 3.16. The van der Waals surface area contributed by atoms with E-state index in [2.05, 4.69) is 4.98 Å². The molecule has 1 heterocycles. The Kier molecular flexibility index (Phi) is 4.28. The molecule has 3 heteroatoms. The number of rotatable bonds is 5. The molecule has 1 aromatic heterocycles. The van der Waals surface area contributed by atoms with E-state index in [-0.39, 0.29) is 5.78 Å². The summed E-state index contributed by atoms with van der Waals surface area (Å²) in [5, 5.41) is 0.958. The standard InChI is InChI=1S/C23H19NO2/c1-16-22(20-9-5-6-10-21(20)24-16)23(25)18-11-13-19(14-12-18)26-15-17-7-3-2-4-8-17/h2-14,24H,15H2,1H3. The zero-order chi connectivity index (χ0) is 17.9. The number of para-hydroxylation sites is 1. The van der Waals surface area contributed by atoms with E-state index in [0.29, 0.717) is 12.2 Å². The van der Waals surface area contributed by atoms with Crippen molar-refractivity contribution in [2.75, 3.05) is 0 Å². The number of ether oxygens (including phenoxy) is 1. The Hall–Kier alpha value is -3.33. The van der Waals surface area contributed by atoms with Crippen molar-refractivity contribution in [3.8, 4) is 5.75 Å². The summed E-state index contributed by atoms with van der Waals surface area (Å²) in [7, 11) is 0. The average Bonchev–Trinajstić information content (AvgIpc) is 3.03. The van der Waals surface area contributed by atoms with Crippen molar-refractivity contribution in [3.05, 3.63) is 101 Å². The summed E-state index contributed by atoms with van der Waals surface area (Å²) in [5.74, 6) is 0.774. The van der Waals surface area contributed by atoms with Gasteiger partial charge in [0.15, 0.2) is 5.78 Å². The van der Waals surface area contributed by atoms with Crippen LogP contribution in [0.1, 0.15) is 27.2 Å². The first-order valence-corrected chi connectivity index (χ1v) is 8.61. The van der Waals surface area contributed by atoms with Crippen molar-refractivity contribution in [2.45, 2.75) is 13.5 Å². The minimum Gasteiger partial charge on any atom is -0.489 e. The van der Waals surface area contributed by atoms with Gasteiger partial charge in [-0.25, -0.2) is 0 Å². The molecule has 0 amide bonds. The number of nitrogens with one attached hydrogen (secondary N) is 1. The molecule has 4 aromatic rings. The van der Waals surface area contributed by atoms with Crippen LogP contribution in [0, 0.1) is 6.92 Å². The molecule has 0 aliphatic rings. The van der Waals surface area contributed by atoms with Crippen LogP contribution in [0.3, 0.4) is 0 Å². The van der Waals surface area contributed by atoms with Crippen LogP contribution in [-0.4, -0.2) is 10.8 Å². The molecule has 0 spiro atoms. The summed E-state index contributed by atoms with van der Waals surface area (Å²) in [6.45, 7) is 2.44. The van der Waals surface area contributed by atoms with Gasteiger partial charge in [-0.05, 0) is 42.8 Å². The Balaban J connectivity index is 1.54. The number of benzene rings is 3. The molecular weight excluding hydrogens is 322 g/mol. The fraction of sp³-hybridized carbons (Fsp3) is 0.0870. The van der Waals surface area contributed by atoms with Crippen molar-refractivity contribution < 1.29 is 9.53 Å². The quantitative estimate of drug-likeness (QED) is 0.501. The van der Waals surface area contributed by atoms with E-state index in [0.717, 1.165) is 33.5 Å². The second-order valence-corrected chi connectivity index (χ2v) is 6.30. The predicted octanol–water partition coefficient (Wildman–Crippen LogP) is 5.29. The fourth-order valence-corrected chi connectivity index (χ4v) is 3.16. The Bertz CT molecular complexity index is 1050. The number of aromatic amines is 1. The molecule has 0 bridgehead atoms. The molecule has 0 fully saturated rings. The molecule has 3 aromatic carbocycles. The third-order valence-electron chi connectivity index (χ3n) is 4.49. The molecule has 0 atom stereocenters. The lowest BCUT2D eigenvalue weighted by atomic mass is 10.0. The summed E-state index contributed by atoms with van der Waals surface area (Å²) >= 11 is 0. The lowest BCUT2D eigenvalue weighted by Gasteiger charge is -2.07. The summed E-state index contributed by atoms with van der Waals surface area (Å²) in [5.41, 5.74) is 4.38. The third-order valence-corrected chi connectivity index (χ3v) is 4.49. The van der Waals surface area contributed by atoms with Gasteiger partial charge in [0, 0.05) is 22.2 Å². The topological polar surface area (TPSA) is 42.1 Å². The number of carbonyl (C=O) groups excluding carboxylic acids is 1. The normalized spacial score (nSPS) is 10.8. The van der Waals surface area contributed by atoms with E-state index in [9.17, 15) is 4.79 Å². The minimum atomic E-state index is 0.0227. The first-order valence-electron chi connectivity index (χ1n) is 8.61. The second kappa shape index (κ2) is 6.89. The van der Waals surface area contributed by atoms with Crippen LogP contribution in [0.5, 0.6) is 5.75 Å². The van der Waals surface area contributed by atoms with Gasteiger partial charge in [0.25, 0.3) is 0 Å². The maximum absolute atomic E-state index is 13.0. The Morgan fingerprint density at radius 3 is 2.35 bits per heavy atom. The monoisotopic (exact) mass is 341 g/mol. The predicted molar refractivity (Wildman–Crippen MR) is 104 cm³/mol. The number of aromatic nitrogens is 1. The summed E-state index contributed by atoms with van der Waals surface area (Å²) in [6, 6.07) is 25.2. The molecule has 4 rings (SSSR count). The molecule has 0 saturated heterocycles. The van der Waals surface area contributed by atoms with Crippen LogP contribution >= 0.6 is 0 Å². The van der Waals surface area contributed by atoms with E-state index in [1.54, 1.807) is 0 Å². The number of fused-ring (bicyclic) bond motifs is 1. The molecule has 0 radical (unpaired) electrons. The zero-order valence-corrected chi connectivity index (χ0v) is 14.5. The van der Waals surface area contributed by atoms with E-state index in [1.807, 2.05) is 85.8 Å². The zero-order valence-electron chi connectivity index (χ0n) is 14.5. The van der Waals surface area contributed by atoms with E-state index in [4.69, 9.17) is 4.74 Å². The van der Waals surface area contributed by atoms with Gasteiger partial charge in [-0.3, -0.25) is 4.79 Å². The number of carbonyl (C=O) groups is 1. The van der Waals surface area contributed by atoms with Crippen molar-refractivity contribution in [2.24, 2.45) is 0 Å². The van der Waals surface area contributed by atoms with Gasteiger partial charge in [-0.2, -0.15) is 0 Å². The van der Waals surface area contributed by atoms with Crippen molar-refractivity contribution in [3.63, 3.8) is 0 Å². The third kappa shape index (κ3) is 3.11. The maximum Gasteiger partial charge on any atom is 0.195 e. The van der Waals surface area contributed by atoms with Gasteiger partial charge in [0.1, 0.15) is 12.4 Å². The van der Waals surface area contributed by atoms with Gasteiger partial charge in [-0.1, -0.05) is 48.5 Å². The van der Waals surface area contributed by atoms with E-state index in [1.165, 1.54) is 0 Å². The molecule has 0 unspecified atom stereocenters. The molecule has 128 valence electrons. The molecule has 0 aliphatic carbocycles. The Labute approximate surface area is 152 Å². The number of H-pyrrole nitrogens is 1. The lowest BCUT2D eigenvalue weighted by Crippen LogP contribution is -2.03. The molecule has 1 N–H and O–H groups in total. The molecule has 0 aliphatic heterocycles. The SMILES string of the molecule is Cc1[nH]c2ccccc2c1C(=O)c1ccc(OCc2ccccc2)cc1. The van der Waals surface area contributed by atoms with Crippen LogP contribution in [0.2, 0.25) is 0 Å². The number of hydrogen-bond donors (Lipinski definition) is 1. The van der Waals surface area contributed by atoms with Gasteiger partial charge in [0.2, 0.25) is 0 Å². The van der Waals surface area contributed by atoms with E-state index < -0.39 is 0 Å². The largest absolute Gasteiger partial charge is 0.489 e. The van der Waals surface area contributed by atoms with Gasteiger partial charge < -0.3 is 9.72 Å². The van der Waals surface area contributed by atoms with Crippen LogP contribution in [0.15, 0.2) is 78.9 Å². The van der Waals surface area contributed by atoms with Crippen LogP contribution < -0.4 is 4.74 Å². The highest BCUT2D eigenvalue weighted by molar-refractivity contribution is 6.17. The number of ketones is 1. The van der Waals surface area contributed by atoms with Gasteiger partial charge >= 0.3 is 0 Å². The van der Waals surface area contributed by atoms with E-state index >= 15 is 0 Å². The molecule has 0 saturated carbocycles. The van der Waals surface area contributed by atoms with Crippen molar-refractivity contribution >= 4 is 16.7 Å². The molecule has 3 nitrogen and oxygen atoms in total. The summed E-state index contributed by atoms with van der Waals surface area (Å²) in [4.78, 5) is 16.3. The smallest absolute Gasteiger partial charge is 0.195 e. The maximum atomic E-state index is 13.0. The van der Waals surface area contributed by atoms with Gasteiger partial charge in [0.05, 0.1) is 5.56 Å². The van der Waals surface area contributed by atoms with Crippen molar-refractivity contribution in [1.82, 2.24) is 4.98 Å².